The maximum atomic E-state index is 13.1. The fourth-order valence-electron chi connectivity index (χ4n) is 2.51. The van der Waals surface area contributed by atoms with Crippen LogP contribution < -0.4 is 5.32 Å². The molecule has 1 aliphatic heterocycles. The zero-order valence-corrected chi connectivity index (χ0v) is 12.9. The molecule has 2 rings (SSSR count). The molecule has 1 heterocycles. The largest absolute Gasteiger partial charge is 0.377 e. The minimum absolute atomic E-state index is 0.203. The second kappa shape index (κ2) is 7.36. The molecule has 1 saturated heterocycles. The van der Waals surface area contributed by atoms with Gasteiger partial charge in [0.05, 0.1) is 6.10 Å². The molecule has 0 radical (unpaired) electrons. The molecule has 1 aliphatic rings. The van der Waals surface area contributed by atoms with Crippen molar-refractivity contribution in [1.29, 1.82) is 0 Å². The van der Waals surface area contributed by atoms with Gasteiger partial charge in [-0.3, -0.25) is 0 Å². The maximum absolute atomic E-state index is 13.1. The third kappa shape index (κ3) is 4.26. The number of hydrogen-bond acceptors (Lipinski definition) is 2. The van der Waals surface area contributed by atoms with E-state index in [0.717, 1.165) is 48.9 Å². The van der Waals surface area contributed by atoms with Crippen LogP contribution in [0.25, 0.3) is 0 Å². The van der Waals surface area contributed by atoms with Gasteiger partial charge in [0, 0.05) is 17.1 Å². The normalized spacial score (nSPS) is 20.7. The Morgan fingerprint density at radius 2 is 2.37 bits per heavy atom. The molecule has 4 heteroatoms. The molecule has 1 N–H and O–H groups in total. The average molecular weight is 330 g/mol. The van der Waals surface area contributed by atoms with Crippen molar-refractivity contribution in [3.05, 3.63) is 34.1 Å². The summed E-state index contributed by atoms with van der Waals surface area (Å²) >= 11 is 3.44. The van der Waals surface area contributed by atoms with Crippen LogP contribution in [0.1, 0.15) is 31.7 Å². The van der Waals surface area contributed by atoms with Crippen LogP contribution in [0.3, 0.4) is 0 Å². The summed E-state index contributed by atoms with van der Waals surface area (Å²) in [5.41, 5.74) is 1.13. The van der Waals surface area contributed by atoms with Crippen LogP contribution >= 0.6 is 15.9 Å². The number of benzene rings is 1. The van der Waals surface area contributed by atoms with Crippen LogP contribution in [0.15, 0.2) is 22.7 Å². The maximum Gasteiger partial charge on any atom is 0.124 e. The lowest BCUT2D eigenvalue weighted by molar-refractivity contribution is 0.0783. The van der Waals surface area contributed by atoms with Gasteiger partial charge in [-0.05, 0) is 49.9 Å². The molecule has 1 aromatic carbocycles. The van der Waals surface area contributed by atoms with E-state index in [2.05, 4.69) is 28.2 Å². The van der Waals surface area contributed by atoms with Crippen LogP contribution in [0.4, 0.5) is 4.39 Å². The van der Waals surface area contributed by atoms with Gasteiger partial charge in [0.1, 0.15) is 5.82 Å². The minimum Gasteiger partial charge on any atom is -0.377 e. The fourth-order valence-corrected chi connectivity index (χ4v) is 3.02. The molecule has 0 bridgehead atoms. The summed E-state index contributed by atoms with van der Waals surface area (Å²) in [6.07, 6.45) is 4.50. The van der Waals surface area contributed by atoms with Crippen LogP contribution in [-0.4, -0.2) is 25.3 Å². The quantitative estimate of drug-likeness (QED) is 0.859. The summed E-state index contributed by atoms with van der Waals surface area (Å²) < 4.78 is 19.8. The van der Waals surface area contributed by atoms with E-state index in [4.69, 9.17) is 4.74 Å². The van der Waals surface area contributed by atoms with Gasteiger partial charge in [-0.15, -0.1) is 0 Å². The smallest absolute Gasteiger partial charge is 0.124 e. The van der Waals surface area contributed by atoms with Gasteiger partial charge in [0.15, 0.2) is 0 Å². The Hall–Kier alpha value is -0.450. The van der Waals surface area contributed by atoms with Gasteiger partial charge in [-0.2, -0.15) is 0 Å². The first-order valence-corrected chi connectivity index (χ1v) is 7.79. The molecular weight excluding hydrogens is 309 g/mol. The van der Waals surface area contributed by atoms with Crippen molar-refractivity contribution < 1.29 is 9.13 Å². The van der Waals surface area contributed by atoms with E-state index in [-0.39, 0.29) is 11.9 Å². The van der Waals surface area contributed by atoms with Crippen molar-refractivity contribution in [3.8, 4) is 0 Å². The Labute approximate surface area is 122 Å². The first-order chi connectivity index (χ1) is 9.20. The molecule has 0 aromatic heterocycles. The second-order valence-corrected chi connectivity index (χ2v) is 5.91. The van der Waals surface area contributed by atoms with E-state index < -0.39 is 0 Å². The Balaban J connectivity index is 2.05. The van der Waals surface area contributed by atoms with Crippen molar-refractivity contribution in [1.82, 2.24) is 5.32 Å². The molecule has 0 spiro atoms. The highest BCUT2D eigenvalue weighted by Gasteiger charge is 2.26. The van der Waals surface area contributed by atoms with Crippen LogP contribution in [-0.2, 0) is 11.2 Å². The molecule has 2 nitrogen and oxygen atoms in total. The summed E-state index contributed by atoms with van der Waals surface area (Å²) in [7, 11) is 0. The standard InChI is InChI=1S/C15H21BrFNO/c1-2-7-18-14(15-4-3-8-19-15)9-11-5-6-12(17)10-13(11)16/h5-6,10,14-15,18H,2-4,7-9H2,1H3. The van der Waals surface area contributed by atoms with Gasteiger partial charge in [-0.1, -0.05) is 28.9 Å². The number of ether oxygens (including phenoxy) is 1. The molecular formula is C15H21BrFNO. The summed E-state index contributed by atoms with van der Waals surface area (Å²) in [6, 6.07) is 5.22. The molecule has 2 unspecified atom stereocenters. The summed E-state index contributed by atoms with van der Waals surface area (Å²) in [4.78, 5) is 0. The van der Waals surface area contributed by atoms with Crippen LogP contribution in [0.2, 0.25) is 0 Å². The van der Waals surface area contributed by atoms with Gasteiger partial charge in [0.25, 0.3) is 0 Å². The molecule has 0 aliphatic carbocycles. The number of halogens is 2. The Morgan fingerprint density at radius 3 is 3.00 bits per heavy atom. The highest BCUT2D eigenvalue weighted by atomic mass is 79.9. The van der Waals surface area contributed by atoms with Crippen molar-refractivity contribution in [3.63, 3.8) is 0 Å². The molecule has 19 heavy (non-hydrogen) atoms. The van der Waals surface area contributed by atoms with E-state index in [1.807, 2.05) is 6.07 Å². The lowest BCUT2D eigenvalue weighted by Crippen LogP contribution is -2.41. The second-order valence-electron chi connectivity index (χ2n) is 5.05. The van der Waals surface area contributed by atoms with Crippen molar-refractivity contribution in [2.24, 2.45) is 0 Å². The molecule has 0 saturated carbocycles. The fraction of sp³-hybridized carbons (Fsp3) is 0.600. The minimum atomic E-state index is -0.203. The van der Waals surface area contributed by atoms with Crippen molar-refractivity contribution in [2.45, 2.75) is 44.8 Å². The Kier molecular flexibility index (Phi) is 5.79. The van der Waals surface area contributed by atoms with E-state index >= 15 is 0 Å². The lowest BCUT2D eigenvalue weighted by atomic mass is 9.99. The van der Waals surface area contributed by atoms with E-state index in [9.17, 15) is 4.39 Å². The van der Waals surface area contributed by atoms with Crippen LogP contribution in [0.5, 0.6) is 0 Å². The van der Waals surface area contributed by atoms with Crippen molar-refractivity contribution in [2.75, 3.05) is 13.2 Å². The summed E-state index contributed by atoms with van der Waals surface area (Å²) in [6.45, 7) is 4.01. The summed E-state index contributed by atoms with van der Waals surface area (Å²) in [5, 5.41) is 3.56. The number of hydrogen-bond donors (Lipinski definition) is 1. The molecule has 0 amide bonds. The SMILES string of the molecule is CCCNC(Cc1ccc(F)cc1Br)C1CCCO1. The first kappa shape index (κ1) is 14.9. The predicted octanol–water partition coefficient (Wildman–Crippen LogP) is 3.68. The zero-order chi connectivity index (χ0) is 13.7. The van der Waals surface area contributed by atoms with Gasteiger partial charge < -0.3 is 10.1 Å². The van der Waals surface area contributed by atoms with E-state index in [0.29, 0.717) is 6.04 Å². The Bertz CT molecular complexity index is 407. The van der Waals surface area contributed by atoms with Crippen LogP contribution in [0, 0.1) is 5.82 Å². The summed E-state index contributed by atoms with van der Waals surface area (Å²) in [5.74, 6) is -0.203. The average Bonchev–Trinajstić information content (AvgIpc) is 2.90. The van der Waals surface area contributed by atoms with Gasteiger partial charge >= 0.3 is 0 Å². The van der Waals surface area contributed by atoms with Gasteiger partial charge in [-0.25, -0.2) is 4.39 Å². The lowest BCUT2D eigenvalue weighted by Gasteiger charge is -2.24. The number of rotatable bonds is 6. The zero-order valence-electron chi connectivity index (χ0n) is 11.3. The molecule has 2 atom stereocenters. The van der Waals surface area contributed by atoms with Crippen molar-refractivity contribution >= 4 is 15.9 Å². The van der Waals surface area contributed by atoms with Gasteiger partial charge in [0.2, 0.25) is 0 Å². The number of nitrogens with one attached hydrogen (secondary N) is 1. The first-order valence-electron chi connectivity index (χ1n) is 6.99. The predicted molar refractivity (Wildman–Crippen MR) is 78.9 cm³/mol. The van der Waals surface area contributed by atoms with E-state index in [1.165, 1.54) is 12.1 Å². The monoisotopic (exact) mass is 329 g/mol. The topological polar surface area (TPSA) is 21.3 Å². The Morgan fingerprint density at radius 1 is 1.53 bits per heavy atom. The van der Waals surface area contributed by atoms with E-state index in [1.54, 1.807) is 0 Å². The molecule has 1 aromatic rings. The molecule has 106 valence electrons. The third-order valence-electron chi connectivity index (χ3n) is 3.53. The third-order valence-corrected chi connectivity index (χ3v) is 4.26. The highest BCUT2D eigenvalue weighted by molar-refractivity contribution is 9.10. The molecule has 1 fully saturated rings. The highest BCUT2D eigenvalue weighted by Crippen LogP contribution is 2.23.